The average Bonchev–Trinajstić information content (AvgIpc) is 2.26. The third-order valence-corrected chi connectivity index (χ3v) is 2.13. The zero-order chi connectivity index (χ0) is 11.4. The van der Waals surface area contributed by atoms with Gasteiger partial charge in [0.1, 0.15) is 11.3 Å². The van der Waals surface area contributed by atoms with Crippen molar-refractivity contribution in [3.8, 4) is 5.75 Å². The summed E-state index contributed by atoms with van der Waals surface area (Å²) in [6, 6.07) is 3.17. The molecule has 0 heterocycles. The molecule has 0 aromatic heterocycles. The summed E-state index contributed by atoms with van der Waals surface area (Å²) in [4.78, 5) is 11.4. The van der Waals surface area contributed by atoms with E-state index < -0.39 is 5.97 Å². The molecule has 4 heteroatoms. The van der Waals surface area contributed by atoms with E-state index in [-0.39, 0.29) is 0 Å². The average molecular weight is 227 g/mol. The van der Waals surface area contributed by atoms with Crippen LogP contribution in [-0.4, -0.2) is 20.2 Å². The van der Waals surface area contributed by atoms with Crippen molar-refractivity contribution < 1.29 is 14.3 Å². The van der Waals surface area contributed by atoms with Crippen molar-refractivity contribution in [2.45, 2.75) is 0 Å². The first-order chi connectivity index (χ1) is 7.13. The summed E-state index contributed by atoms with van der Waals surface area (Å²) in [6.07, 6.45) is 1.57. The third-order valence-electron chi connectivity index (χ3n) is 1.91. The van der Waals surface area contributed by atoms with Gasteiger partial charge in [0.15, 0.2) is 0 Å². The van der Waals surface area contributed by atoms with Crippen LogP contribution < -0.4 is 4.74 Å². The number of benzene rings is 1. The first-order valence-electron chi connectivity index (χ1n) is 4.22. The summed E-state index contributed by atoms with van der Waals surface area (Å²) in [5.41, 5.74) is 0.952. The Morgan fingerprint density at radius 1 is 1.47 bits per heavy atom. The number of carbonyl (C=O) groups excluding carboxylic acids is 1. The minimum atomic E-state index is -0.488. The fourth-order valence-electron chi connectivity index (χ4n) is 1.26. The normalized spacial score (nSPS) is 9.53. The summed E-state index contributed by atoms with van der Waals surface area (Å²) in [5.74, 6) is -0.0706. The van der Waals surface area contributed by atoms with Crippen LogP contribution in [0.2, 0.25) is 5.02 Å². The summed E-state index contributed by atoms with van der Waals surface area (Å²) < 4.78 is 9.74. The van der Waals surface area contributed by atoms with Crippen LogP contribution in [0.1, 0.15) is 15.9 Å². The van der Waals surface area contributed by atoms with Gasteiger partial charge in [0.2, 0.25) is 0 Å². The minimum Gasteiger partial charge on any atom is -0.495 e. The van der Waals surface area contributed by atoms with Gasteiger partial charge >= 0.3 is 5.97 Å². The Balaban J connectivity index is 3.41. The van der Waals surface area contributed by atoms with Gasteiger partial charge in [-0.1, -0.05) is 24.3 Å². The number of methoxy groups -OCH3 is 2. The Labute approximate surface area is 93.3 Å². The standard InChI is InChI=1S/C11H11ClO3/c1-4-7-5-8(12)6-9(10(7)14-2)11(13)15-3/h4-6H,1H2,2-3H3. The molecule has 0 atom stereocenters. The van der Waals surface area contributed by atoms with Gasteiger partial charge in [-0.25, -0.2) is 4.79 Å². The molecule has 0 fully saturated rings. The van der Waals surface area contributed by atoms with Gasteiger partial charge in [0.25, 0.3) is 0 Å². The highest BCUT2D eigenvalue weighted by atomic mass is 35.5. The summed E-state index contributed by atoms with van der Waals surface area (Å²) >= 11 is 5.85. The van der Waals surface area contributed by atoms with E-state index in [4.69, 9.17) is 16.3 Å². The zero-order valence-electron chi connectivity index (χ0n) is 8.54. The molecule has 0 aliphatic carbocycles. The third kappa shape index (κ3) is 2.30. The molecule has 1 aromatic rings. The van der Waals surface area contributed by atoms with Gasteiger partial charge in [-0.05, 0) is 12.1 Å². The first kappa shape index (κ1) is 11.6. The number of halogens is 1. The van der Waals surface area contributed by atoms with Gasteiger partial charge in [0, 0.05) is 10.6 Å². The quantitative estimate of drug-likeness (QED) is 0.744. The topological polar surface area (TPSA) is 35.5 Å². The van der Waals surface area contributed by atoms with Gasteiger partial charge in [-0.3, -0.25) is 0 Å². The van der Waals surface area contributed by atoms with Crippen LogP contribution >= 0.6 is 11.6 Å². The number of esters is 1. The van der Waals surface area contributed by atoms with E-state index in [0.717, 1.165) is 0 Å². The fraction of sp³-hybridized carbons (Fsp3) is 0.182. The second-order valence-electron chi connectivity index (χ2n) is 2.77. The Morgan fingerprint density at radius 3 is 2.60 bits per heavy atom. The van der Waals surface area contributed by atoms with E-state index in [2.05, 4.69) is 11.3 Å². The highest BCUT2D eigenvalue weighted by Crippen LogP contribution is 2.29. The molecular formula is C11H11ClO3. The molecule has 0 aliphatic rings. The van der Waals surface area contributed by atoms with E-state index in [1.807, 2.05) is 0 Å². The van der Waals surface area contributed by atoms with E-state index >= 15 is 0 Å². The number of hydrogen-bond acceptors (Lipinski definition) is 3. The molecule has 15 heavy (non-hydrogen) atoms. The maximum absolute atomic E-state index is 11.4. The van der Waals surface area contributed by atoms with Crippen molar-refractivity contribution in [3.05, 3.63) is 34.9 Å². The molecule has 0 aliphatic heterocycles. The highest BCUT2D eigenvalue weighted by Gasteiger charge is 2.16. The van der Waals surface area contributed by atoms with Gasteiger partial charge in [0.05, 0.1) is 14.2 Å². The lowest BCUT2D eigenvalue weighted by Gasteiger charge is -2.10. The van der Waals surface area contributed by atoms with Crippen molar-refractivity contribution in [2.24, 2.45) is 0 Å². The molecule has 0 spiro atoms. The first-order valence-corrected chi connectivity index (χ1v) is 4.60. The lowest BCUT2D eigenvalue weighted by atomic mass is 10.1. The lowest BCUT2D eigenvalue weighted by molar-refractivity contribution is 0.0597. The summed E-state index contributed by atoms with van der Waals surface area (Å²) in [6.45, 7) is 3.62. The molecule has 1 rings (SSSR count). The van der Waals surface area contributed by atoms with Crippen molar-refractivity contribution in [1.29, 1.82) is 0 Å². The zero-order valence-corrected chi connectivity index (χ0v) is 9.30. The molecule has 0 unspecified atom stereocenters. The van der Waals surface area contributed by atoms with Crippen LogP contribution in [-0.2, 0) is 4.74 Å². The van der Waals surface area contributed by atoms with Crippen molar-refractivity contribution in [3.63, 3.8) is 0 Å². The minimum absolute atomic E-state index is 0.294. The van der Waals surface area contributed by atoms with Crippen LogP contribution in [0.15, 0.2) is 18.7 Å². The molecule has 0 N–H and O–H groups in total. The predicted molar refractivity (Wildman–Crippen MR) is 59.4 cm³/mol. The number of ether oxygens (including phenoxy) is 2. The fourth-order valence-corrected chi connectivity index (χ4v) is 1.48. The van der Waals surface area contributed by atoms with E-state index in [0.29, 0.717) is 21.9 Å². The molecule has 0 radical (unpaired) electrons. The van der Waals surface area contributed by atoms with Crippen molar-refractivity contribution in [1.82, 2.24) is 0 Å². The van der Waals surface area contributed by atoms with Gasteiger partial charge in [-0.15, -0.1) is 0 Å². The molecule has 0 amide bonds. The van der Waals surface area contributed by atoms with E-state index in [1.54, 1.807) is 12.1 Å². The van der Waals surface area contributed by atoms with Gasteiger partial charge < -0.3 is 9.47 Å². The smallest absolute Gasteiger partial charge is 0.341 e. The monoisotopic (exact) mass is 226 g/mol. The van der Waals surface area contributed by atoms with Crippen LogP contribution in [0.25, 0.3) is 6.08 Å². The van der Waals surface area contributed by atoms with Crippen molar-refractivity contribution in [2.75, 3.05) is 14.2 Å². The maximum atomic E-state index is 11.4. The number of rotatable bonds is 3. The maximum Gasteiger partial charge on any atom is 0.341 e. The molecule has 3 nitrogen and oxygen atoms in total. The Morgan fingerprint density at radius 2 is 2.13 bits per heavy atom. The Bertz CT molecular complexity index is 399. The van der Waals surface area contributed by atoms with Gasteiger partial charge in [-0.2, -0.15) is 0 Å². The summed E-state index contributed by atoms with van der Waals surface area (Å²) in [7, 11) is 2.78. The second kappa shape index (κ2) is 4.84. The second-order valence-corrected chi connectivity index (χ2v) is 3.21. The SMILES string of the molecule is C=Cc1cc(Cl)cc(C(=O)OC)c1OC. The number of hydrogen-bond donors (Lipinski definition) is 0. The van der Waals surface area contributed by atoms with Crippen LogP contribution in [0.5, 0.6) is 5.75 Å². The Kier molecular flexibility index (Phi) is 3.74. The molecule has 0 saturated carbocycles. The highest BCUT2D eigenvalue weighted by molar-refractivity contribution is 6.31. The predicted octanol–water partition coefficient (Wildman–Crippen LogP) is 2.78. The number of carbonyl (C=O) groups is 1. The molecule has 0 saturated heterocycles. The molecule has 1 aromatic carbocycles. The molecular weight excluding hydrogens is 216 g/mol. The largest absolute Gasteiger partial charge is 0.495 e. The summed E-state index contributed by atoms with van der Waals surface area (Å²) in [5, 5.41) is 0.436. The van der Waals surface area contributed by atoms with Crippen LogP contribution in [0.4, 0.5) is 0 Å². The van der Waals surface area contributed by atoms with E-state index in [9.17, 15) is 4.79 Å². The van der Waals surface area contributed by atoms with E-state index in [1.165, 1.54) is 20.3 Å². The Hall–Kier alpha value is -1.48. The van der Waals surface area contributed by atoms with Crippen molar-refractivity contribution >= 4 is 23.6 Å². The molecule has 0 bridgehead atoms. The lowest BCUT2D eigenvalue weighted by Crippen LogP contribution is -2.05. The molecule has 80 valence electrons. The van der Waals surface area contributed by atoms with Crippen LogP contribution in [0, 0.1) is 0 Å². The van der Waals surface area contributed by atoms with Crippen LogP contribution in [0.3, 0.4) is 0 Å².